The van der Waals surface area contributed by atoms with Crippen LogP contribution in [-0.2, 0) is 12.8 Å². The Bertz CT molecular complexity index is 667. The van der Waals surface area contributed by atoms with E-state index in [2.05, 4.69) is 10.6 Å². The largest absolute Gasteiger partial charge is 0.465 e. The van der Waals surface area contributed by atoms with E-state index in [0.29, 0.717) is 19.4 Å². The summed E-state index contributed by atoms with van der Waals surface area (Å²) < 4.78 is 13.1. The smallest absolute Gasteiger partial charge is 0.404 e. The number of hydrogen-bond acceptors (Lipinski definition) is 3. The molecule has 5 nitrogen and oxygen atoms in total. The van der Waals surface area contributed by atoms with E-state index in [9.17, 15) is 14.3 Å². The zero-order chi connectivity index (χ0) is 18.1. The summed E-state index contributed by atoms with van der Waals surface area (Å²) in [4.78, 5) is 11.0. The number of aliphatic hydroxyl groups is 1. The molecule has 0 saturated carbocycles. The van der Waals surface area contributed by atoms with Crippen LogP contribution in [0.3, 0.4) is 0 Å². The van der Waals surface area contributed by atoms with Crippen molar-refractivity contribution in [1.29, 1.82) is 0 Å². The number of nitrogens with one attached hydrogen (secondary N) is 2. The van der Waals surface area contributed by atoms with Crippen molar-refractivity contribution in [1.82, 2.24) is 10.6 Å². The van der Waals surface area contributed by atoms with Gasteiger partial charge in [0.15, 0.2) is 0 Å². The molecule has 2 atom stereocenters. The maximum atomic E-state index is 13.1. The minimum absolute atomic E-state index is 0.243. The second kappa shape index (κ2) is 9.76. The van der Waals surface area contributed by atoms with Gasteiger partial charge in [0, 0.05) is 6.54 Å². The van der Waals surface area contributed by atoms with Crippen molar-refractivity contribution in [2.24, 2.45) is 0 Å². The maximum absolute atomic E-state index is 13.1. The first-order valence-corrected chi connectivity index (χ1v) is 8.21. The molecule has 25 heavy (non-hydrogen) atoms. The highest BCUT2D eigenvalue weighted by atomic mass is 19.1. The third-order valence-electron chi connectivity index (χ3n) is 3.90. The molecule has 4 N–H and O–H groups in total. The van der Waals surface area contributed by atoms with E-state index in [1.54, 1.807) is 6.07 Å². The van der Waals surface area contributed by atoms with Crippen molar-refractivity contribution in [3.63, 3.8) is 0 Å². The van der Waals surface area contributed by atoms with E-state index in [-0.39, 0.29) is 12.4 Å². The molecule has 2 aromatic carbocycles. The second-order valence-electron chi connectivity index (χ2n) is 5.90. The van der Waals surface area contributed by atoms with Gasteiger partial charge in [-0.05, 0) is 42.6 Å². The fourth-order valence-corrected chi connectivity index (χ4v) is 2.63. The normalized spacial score (nSPS) is 13.2. The highest BCUT2D eigenvalue weighted by molar-refractivity contribution is 5.65. The van der Waals surface area contributed by atoms with E-state index in [4.69, 9.17) is 5.11 Å². The molecule has 0 aromatic heterocycles. The Hall–Kier alpha value is -2.44. The molecule has 0 unspecified atom stereocenters. The van der Waals surface area contributed by atoms with E-state index in [1.807, 2.05) is 36.4 Å². The number of amides is 1. The molecule has 0 heterocycles. The molecule has 0 aliphatic heterocycles. The highest BCUT2D eigenvalue weighted by Crippen LogP contribution is 2.07. The van der Waals surface area contributed by atoms with E-state index in [1.165, 1.54) is 12.1 Å². The molecule has 0 aliphatic rings. The average molecular weight is 346 g/mol. The Morgan fingerprint density at radius 2 is 1.80 bits per heavy atom. The van der Waals surface area contributed by atoms with Crippen LogP contribution in [0.5, 0.6) is 0 Å². The molecule has 0 spiro atoms. The Morgan fingerprint density at radius 1 is 1.08 bits per heavy atom. The van der Waals surface area contributed by atoms with Gasteiger partial charge in [0.05, 0.1) is 12.1 Å². The van der Waals surface area contributed by atoms with Crippen LogP contribution in [0.15, 0.2) is 54.6 Å². The molecule has 0 radical (unpaired) electrons. The molecule has 134 valence electrons. The van der Waals surface area contributed by atoms with E-state index >= 15 is 0 Å². The van der Waals surface area contributed by atoms with Crippen molar-refractivity contribution in [2.45, 2.75) is 25.0 Å². The van der Waals surface area contributed by atoms with Gasteiger partial charge in [0.2, 0.25) is 0 Å². The first kappa shape index (κ1) is 18.9. The predicted octanol–water partition coefficient (Wildman–Crippen LogP) is 2.20. The Morgan fingerprint density at radius 3 is 2.48 bits per heavy atom. The summed E-state index contributed by atoms with van der Waals surface area (Å²) in [6.45, 7) is 0.804. The fourth-order valence-electron chi connectivity index (χ4n) is 2.63. The summed E-state index contributed by atoms with van der Waals surface area (Å²) in [7, 11) is 0. The van der Waals surface area contributed by atoms with Gasteiger partial charge in [0.25, 0.3) is 0 Å². The lowest BCUT2D eigenvalue weighted by Crippen LogP contribution is -2.48. The first-order valence-electron chi connectivity index (χ1n) is 8.21. The zero-order valence-electron chi connectivity index (χ0n) is 13.9. The molecule has 2 aromatic rings. The van der Waals surface area contributed by atoms with Gasteiger partial charge < -0.3 is 20.8 Å². The summed E-state index contributed by atoms with van der Waals surface area (Å²) in [5.41, 5.74) is 1.81. The molecule has 0 saturated heterocycles. The molecule has 0 aliphatic carbocycles. The second-order valence-corrected chi connectivity index (χ2v) is 5.90. The molecule has 0 fully saturated rings. The van der Waals surface area contributed by atoms with Crippen LogP contribution >= 0.6 is 0 Å². The summed E-state index contributed by atoms with van der Waals surface area (Å²) in [5.74, 6) is -0.272. The fraction of sp³-hybridized carbons (Fsp3) is 0.316. The maximum Gasteiger partial charge on any atom is 0.404 e. The van der Waals surface area contributed by atoms with E-state index < -0.39 is 18.2 Å². The SMILES string of the molecule is O=C(O)N[C@@H](Cc1ccccc1)[C@H](O)CNCCc1cccc(F)c1. The topological polar surface area (TPSA) is 81.6 Å². The summed E-state index contributed by atoms with van der Waals surface area (Å²) >= 11 is 0. The van der Waals surface area contributed by atoms with Gasteiger partial charge in [-0.3, -0.25) is 0 Å². The van der Waals surface area contributed by atoms with Crippen molar-refractivity contribution in [3.05, 3.63) is 71.5 Å². The quantitative estimate of drug-likeness (QED) is 0.525. The monoisotopic (exact) mass is 346 g/mol. The molecular formula is C19H23FN2O3. The molecular weight excluding hydrogens is 323 g/mol. The Balaban J connectivity index is 1.82. The van der Waals surface area contributed by atoms with Gasteiger partial charge in [-0.1, -0.05) is 42.5 Å². The van der Waals surface area contributed by atoms with E-state index in [0.717, 1.165) is 11.1 Å². The number of aliphatic hydroxyl groups excluding tert-OH is 1. The van der Waals surface area contributed by atoms with Crippen LogP contribution in [0.1, 0.15) is 11.1 Å². The number of rotatable bonds is 9. The van der Waals surface area contributed by atoms with Crippen LogP contribution < -0.4 is 10.6 Å². The van der Waals surface area contributed by atoms with Crippen molar-refractivity contribution < 1.29 is 19.4 Å². The number of hydrogen-bond donors (Lipinski definition) is 4. The standard InChI is InChI=1S/C19H23FN2O3/c20-16-8-4-7-15(11-16)9-10-21-13-18(23)17(22-19(24)25)12-14-5-2-1-3-6-14/h1-8,11,17-18,21-23H,9-10,12-13H2,(H,24,25)/t17-,18+/m0/s1. The minimum atomic E-state index is -1.17. The number of carboxylic acid groups (broad SMARTS) is 1. The van der Waals surface area contributed by atoms with Gasteiger partial charge >= 0.3 is 6.09 Å². The molecule has 2 rings (SSSR count). The Labute approximate surface area is 146 Å². The average Bonchev–Trinajstić information content (AvgIpc) is 2.58. The minimum Gasteiger partial charge on any atom is -0.465 e. The lowest BCUT2D eigenvalue weighted by Gasteiger charge is -2.23. The Kier molecular flexibility index (Phi) is 7.37. The van der Waals surface area contributed by atoms with Gasteiger partial charge in [0.1, 0.15) is 5.82 Å². The van der Waals surface area contributed by atoms with Crippen LogP contribution in [0.4, 0.5) is 9.18 Å². The van der Waals surface area contributed by atoms with Crippen molar-refractivity contribution >= 4 is 6.09 Å². The van der Waals surface area contributed by atoms with Gasteiger partial charge in [-0.15, -0.1) is 0 Å². The van der Waals surface area contributed by atoms with Gasteiger partial charge in [-0.2, -0.15) is 0 Å². The first-order chi connectivity index (χ1) is 12.0. The molecule has 1 amide bonds. The van der Waals surface area contributed by atoms with Gasteiger partial charge in [-0.25, -0.2) is 9.18 Å². The molecule has 0 bridgehead atoms. The van der Waals surface area contributed by atoms with Crippen LogP contribution in [0.25, 0.3) is 0 Å². The lowest BCUT2D eigenvalue weighted by atomic mass is 10.0. The summed E-state index contributed by atoms with van der Waals surface area (Å²) in [6, 6.07) is 15.2. The van der Waals surface area contributed by atoms with Crippen LogP contribution in [0, 0.1) is 5.82 Å². The van der Waals surface area contributed by atoms with Crippen molar-refractivity contribution in [3.8, 4) is 0 Å². The van der Waals surface area contributed by atoms with Crippen LogP contribution in [-0.4, -0.2) is 41.5 Å². The number of halogens is 1. The third-order valence-corrected chi connectivity index (χ3v) is 3.90. The predicted molar refractivity (Wildman–Crippen MR) is 94.1 cm³/mol. The third kappa shape index (κ3) is 6.91. The summed E-state index contributed by atoms with van der Waals surface area (Å²) in [5, 5.41) is 24.7. The highest BCUT2D eigenvalue weighted by Gasteiger charge is 2.21. The zero-order valence-corrected chi connectivity index (χ0v) is 13.9. The summed E-state index contributed by atoms with van der Waals surface area (Å²) in [6.07, 6.45) is -1.01. The van der Waals surface area contributed by atoms with Crippen molar-refractivity contribution in [2.75, 3.05) is 13.1 Å². The lowest BCUT2D eigenvalue weighted by molar-refractivity contribution is 0.118. The van der Waals surface area contributed by atoms with Crippen LogP contribution in [0.2, 0.25) is 0 Å². The molecule has 6 heteroatoms. The number of benzene rings is 2. The number of carbonyl (C=O) groups is 1.